The third-order valence-electron chi connectivity index (χ3n) is 2.11. The van der Waals surface area contributed by atoms with Gasteiger partial charge < -0.3 is 9.47 Å². The van der Waals surface area contributed by atoms with E-state index < -0.39 is 0 Å². The third-order valence-corrected chi connectivity index (χ3v) is 2.47. The summed E-state index contributed by atoms with van der Waals surface area (Å²) < 4.78 is 2.17. The van der Waals surface area contributed by atoms with Gasteiger partial charge in [0.2, 0.25) is 0 Å². The van der Waals surface area contributed by atoms with E-state index in [0.717, 1.165) is 30.8 Å². The monoisotopic (exact) mass is 245 g/mol. The van der Waals surface area contributed by atoms with Crippen LogP contribution in [0.3, 0.4) is 0 Å². The number of rotatable bonds is 5. The number of aromatic nitrogens is 2. The molecule has 0 atom stereocenters. The summed E-state index contributed by atoms with van der Waals surface area (Å²) in [5.41, 5.74) is 0. The Morgan fingerprint density at radius 2 is 2.31 bits per heavy atom. The van der Waals surface area contributed by atoms with Gasteiger partial charge in [0.15, 0.2) is 0 Å². The molecule has 0 fully saturated rings. The standard InChI is InChI=1S/C9H16BrN3/c1-9-11-4-6-13(9)8-7-12(2)5-3-10/h4,6H,3,5,7-8H2,1-2H3. The van der Waals surface area contributed by atoms with Crippen LogP contribution >= 0.6 is 15.9 Å². The van der Waals surface area contributed by atoms with E-state index >= 15 is 0 Å². The van der Waals surface area contributed by atoms with E-state index in [1.54, 1.807) is 0 Å². The van der Waals surface area contributed by atoms with E-state index in [1.807, 2.05) is 19.3 Å². The van der Waals surface area contributed by atoms with Crippen LogP contribution in [0.5, 0.6) is 0 Å². The highest BCUT2D eigenvalue weighted by Gasteiger charge is 1.99. The van der Waals surface area contributed by atoms with Gasteiger partial charge in [0, 0.05) is 37.4 Å². The van der Waals surface area contributed by atoms with Crippen molar-refractivity contribution in [3.05, 3.63) is 18.2 Å². The van der Waals surface area contributed by atoms with Gasteiger partial charge in [0.25, 0.3) is 0 Å². The molecule has 0 amide bonds. The molecule has 0 radical (unpaired) electrons. The minimum absolute atomic E-state index is 1.02. The van der Waals surface area contributed by atoms with Gasteiger partial charge in [-0.15, -0.1) is 0 Å². The molecular weight excluding hydrogens is 230 g/mol. The first-order chi connectivity index (χ1) is 6.24. The van der Waals surface area contributed by atoms with Gasteiger partial charge in [-0.1, -0.05) is 15.9 Å². The molecular formula is C9H16BrN3. The molecule has 0 aliphatic carbocycles. The number of hydrogen-bond donors (Lipinski definition) is 0. The summed E-state index contributed by atoms with van der Waals surface area (Å²) in [6.45, 7) is 5.22. The highest BCUT2D eigenvalue weighted by molar-refractivity contribution is 9.09. The van der Waals surface area contributed by atoms with Gasteiger partial charge in [-0.25, -0.2) is 4.98 Å². The highest BCUT2D eigenvalue weighted by Crippen LogP contribution is 1.96. The molecule has 0 saturated carbocycles. The number of nitrogens with zero attached hydrogens (tertiary/aromatic N) is 3. The molecule has 0 N–H and O–H groups in total. The number of alkyl halides is 1. The molecule has 0 spiro atoms. The second kappa shape index (κ2) is 5.40. The van der Waals surface area contributed by atoms with Crippen LogP contribution in [0.2, 0.25) is 0 Å². The maximum absolute atomic E-state index is 4.18. The molecule has 1 aromatic heterocycles. The average molecular weight is 246 g/mol. The summed E-state index contributed by atoms with van der Waals surface area (Å²) in [5, 5.41) is 1.03. The molecule has 3 nitrogen and oxygen atoms in total. The van der Waals surface area contributed by atoms with Gasteiger partial charge in [0.05, 0.1) is 0 Å². The van der Waals surface area contributed by atoms with Crippen molar-refractivity contribution in [2.45, 2.75) is 13.5 Å². The lowest BCUT2D eigenvalue weighted by Gasteiger charge is -2.15. The SMILES string of the molecule is Cc1nccn1CCN(C)CCBr. The maximum atomic E-state index is 4.18. The van der Waals surface area contributed by atoms with Crippen molar-refractivity contribution >= 4 is 15.9 Å². The predicted octanol–water partition coefficient (Wildman–Crippen LogP) is 1.52. The molecule has 1 heterocycles. The van der Waals surface area contributed by atoms with Crippen LogP contribution in [-0.4, -0.2) is 39.9 Å². The zero-order chi connectivity index (χ0) is 9.68. The fourth-order valence-electron chi connectivity index (χ4n) is 1.17. The maximum Gasteiger partial charge on any atom is 0.105 e. The Morgan fingerprint density at radius 1 is 1.54 bits per heavy atom. The van der Waals surface area contributed by atoms with E-state index in [-0.39, 0.29) is 0 Å². The first-order valence-corrected chi connectivity index (χ1v) is 5.58. The summed E-state index contributed by atoms with van der Waals surface area (Å²) in [6, 6.07) is 0. The van der Waals surface area contributed by atoms with Gasteiger partial charge in [-0.05, 0) is 14.0 Å². The Bertz CT molecular complexity index is 247. The molecule has 1 aromatic rings. The number of imidazole rings is 1. The fourth-order valence-corrected chi connectivity index (χ4v) is 1.78. The summed E-state index contributed by atoms with van der Waals surface area (Å²) in [5.74, 6) is 1.09. The van der Waals surface area contributed by atoms with E-state index in [2.05, 4.69) is 37.4 Å². The number of halogens is 1. The van der Waals surface area contributed by atoms with Crippen LogP contribution in [0.4, 0.5) is 0 Å². The Labute approximate surface area is 87.9 Å². The van der Waals surface area contributed by atoms with Gasteiger partial charge in [0.1, 0.15) is 5.82 Å². The minimum Gasteiger partial charge on any atom is -0.334 e. The van der Waals surface area contributed by atoms with Crippen molar-refractivity contribution in [3.8, 4) is 0 Å². The summed E-state index contributed by atoms with van der Waals surface area (Å²) in [7, 11) is 2.13. The second-order valence-electron chi connectivity index (χ2n) is 3.16. The van der Waals surface area contributed by atoms with E-state index in [4.69, 9.17) is 0 Å². The lowest BCUT2D eigenvalue weighted by Crippen LogP contribution is -2.25. The largest absolute Gasteiger partial charge is 0.334 e. The van der Waals surface area contributed by atoms with Crippen LogP contribution in [0.25, 0.3) is 0 Å². The van der Waals surface area contributed by atoms with Crippen molar-refractivity contribution in [1.82, 2.24) is 14.5 Å². The lowest BCUT2D eigenvalue weighted by molar-refractivity contribution is 0.337. The van der Waals surface area contributed by atoms with E-state index in [0.29, 0.717) is 0 Å². The van der Waals surface area contributed by atoms with Gasteiger partial charge in [-0.2, -0.15) is 0 Å². The summed E-state index contributed by atoms with van der Waals surface area (Å²) in [4.78, 5) is 6.48. The Balaban J connectivity index is 2.30. The van der Waals surface area contributed by atoms with Gasteiger partial charge >= 0.3 is 0 Å². The van der Waals surface area contributed by atoms with Crippen molar-refractivity contribution in [1.29, 1.82) is 0 Å². The molecule has 0 bridgehead atoms. The lowest BCUT2D eigenvalue weighted by atomic mass is 10.5. The molecule has 4 heteroatoms. The fraction of sp³-hybridized carbons (Fsp3) is 0.667. The minimum atomic E-state index is 1.02. The van der Waals surface area contributed by atoms with Crippen LogP contribution in [-0.2, 0) is 6.54 Å². The van der Waals surface area contributed by atoms with Crippen molar-refractivity contribution in [2.24, 2.45) is 0 Å². The molecule has 0 aliphatic heterocycles. The van der Waals surface area contributed by atoms with Crippen LogP contribution < -0.4 is 0 Å². The average Bonchev–Trinajstić information content (AvgIpc) is 2.48. The van der Waals surface area contributed by atoms with Crippen LogP contribution in [0.1, 0.15) is 5.82 Å². The zero-order valence-corrected chi connectivity index (χ0v) is 9.79. The molecule has 1 rings (SSSR count). The van der Waals surface area contributed by atoms with Gasteiger partial charge in [-0.3, -0.25) is 0 Å². The zero-order valence-electron chi connectivity index (χ0n) is 8.20. The van der Waals surface area contributed by atoms with E-state index in [1.165, 1.54) is 0 Å². The van der Waals surface area contributed by atoms with E-state index in [9.17, 15) is 0 Å². The van der Waals surface area contributed by atoms with Crippen molar-refractivity contribution in [2.75, 3.05) is 25.5 Å². The second-order valence-corrected chi connectivity index (χ2v) is 3.95. The Hall–Kier alpha value is -0.350. The molecule has 13 heavy (non-hydrogen) atoms. The number of hydrogen-bond acceptors (Lipinski definition) is 2. The smallest absolute Gasteiger partial charge is 0.105 e. The highest BCUT2D eigenvalue weighted by atomic mass is 79.9. The predicted molar refractivity (Wildman–Crippen MR) is 58.3 cm³/mol. The quantitative estimate of drug-likeness (QED) is 0.734. The summed E-state index contributed by atoms with van der Waals surface area (Å²) >= 11 is 3.42. The third kappa shape index (κ3) is 3.48. The van der Waals surface area contributed by atoms with Crippen LogP contribution in [0.15, 0.2) is 12.4 Å². The first kappa shape index (κ1) is 10.7. The Kier molecular flexibility index (Phi) is 4.45. The first-order valence-electron chi connectivity index (χ1n) is 4.46. The topological polar surface area (TPSA) is 21.1 Å². The van der Waals surface area contributed by atoms with Crippen LogP contribution in [0, 0.1) is 6.92 Å². The number of likely N-dealkylation sites (N-methyl/N-ethyl adjacent to an activating group) is 1. The molecule has 0 saturated heterocycles. The normalized spacial score (nSPS) is 11.1. The van der Waals surface area contributed by atoms with Crippen molar-refractivity contribution in [3.63, 3.8) is 0 Å². The molecule has 0 aromatic carbocycles. The number of aryl methyl sites for hydroxylation is 1. The molecule has 0 aliphatic rings. The summed E-state index contributed by atoms with van der Waals surface area (Å²) in [6.07, 6.45) is 3.87. The molecule has 0 unspecified atom stereocenters. The van der Waals surface area contributed by atoms with Crippen molar-refractivity contribution < 1.29 is 0 Å². The Morgan fingerprint density at radius 3 is 2.85 bits per heavy atom. The molecule has 74 valence electrons.